The third-order valence-corrected chi connectivity index (χ3v) is 4.13. The molecule has 0 N–H and O–H groups in total. The van der Waals surface area contributed by atoms with Gasteiger partial charge in [-0.3, -0.25) is 0 Å². The lowest BCUT2D eigenvalue weighted by molar-refractivity contribution is 0.306. The molecular weight excluding hydrogens is 228 g/mol. The average Bonchev–Trinajstić information content (AvgIpc) is 2.67. The number of alkyl halides is 1. The van der Waals surface area contributed by atoms with Crippen LogP contribution < -0.4 is 0 Å². The van der Waals surface area contributed by atoms with Crippen molar-refractivity contribution in [2.24, 2.45) is 5.41 Å². The highest BCUT2D eigenvalue weighted by atomic mass is 79.9. The summed E-state index contributed by atoms with van der Waals surface area (Å²) in [6.45, 7) is 4.51. The fourth-order valence-corrected chi connectivity index (χ4v) is 2.55. The van der Waals surface area contributed by atoms with Gasteiger partial charge in [0.05, 0.1) is 12.5 Å². The fraction of sp³-hybridized carbons (Fsp3) is 0.636. The molecule has 0 saturated heterocycles. The second kappa shape index (κ2) is 4.85. The topological polar surface area (TPSA) is 13.1 Å². The second-order valence-electron chi connectivity index (χ2n) is 3.65. The van der Waals surface area contributed by atoms with E-state index in [-0.39, 0.29) is 0 Å². The van der Waals surface area contributed by atoms with E-state index < -0.39 is 0 Å². The zero-order chi connectivity index (χ0) is 9.73. The predicted molar refractivity (Wildman–Crippen MR) is 59.2 cm³/mol. The minimum atomic E-state index is 0.407. The molecule has 0 aliphatic heterocycles. The Balaban J connectivity index is 2.67. The summed E-state index contributed by atoms with van der Waals surface area (Å²) < 4.78 is 5.08. The first kappa shape index (κ1) is 10.8. The molecule has 0 aliphatic rings. The molecule has 0 aliphatic carbocycles. The molecule has 1 aromatic heterocycles. The van der Waals surface area contributed by atoms with Crippen LogP contribution in [0.3, 0.4) is 0 Å². The van der Waals surface area contributed by atoms with E-state index in [1.165, 1.54) is 18.4 Å². The molecule has 1 heterocycles. The van der Waals surface area contributed by atoms with Crippen molar-refractivity contribution in [2.75, 3.05) is 5.33 Å². The van der Waals surface area contributed by atoms with Crippen molar-refractivity contribution >= 4 is 15.9 Å². The lowest BCUT2D eigenvalue weighted by Crippen LogP contribution is -2.23. The minimum Gasteiger partial charge on any atom is -0.472 e. The minimum absolute atomic E-state index is 0.407. The molecule has 2 heteroatoms. The summed E-state index contributed by atoms with van der Waals surface area (Å²) in [6.07, 6.45) is 7.13. The van der Waals surface area contributed by atoms with Crippen LogP contribution in [0.5, 0.6) is 0 Å². The van der Waals surface area contributed by atoms with Crippen molar-refractivity contribution in [3.8, 4) is 0 Å². The smallest absolute Gasteiger partial charge is 0.0934 e. The van der Waals surface area contributed by atoms with Gasteiger partial charge in [0.15, 0.2) is 0 Å². The maximum atomic E-state index is 5.08. The maximum absolute atomic E-state index is 5.08. The Morgan fingerprint density at radius 1 is 1.38 bits per heavy atom. The van der Waals surface area contributed by atoms with Crippen LogP contribution in [0.2, 0.25) is 0 Å². The first-order valence-electron chi connectivity index (χ1n) is 4.83. The molecular formula is C11H17BrO. The van der Waals surface area contributed by atoms with Crippen LogP contribution in [-0.2, 0) is 6.42 Å². The summed E-state index contributed by atoms with van der Waals surface area (Å²) >= 11 is 3.61. The summed E-state index contributed by atoms with van der Waals surface area (Å²) in [5.74, 6) is 0. The third-order valence-electron chi connectivity index (χ3n) is 2.94. The Kier molecular flexibility index (Phi) is 4.04. The van der Waals surface area contributed by atoms with Crippen LogP contribution in [0.1, 0.15) is 32.3 Å². The summed E-state index contributed by atoms with van der Waals surface area (Å²) in [7, 11) is 0. The molecule has 1 nitrogen and oxygen atoms in total. The SMILES string of the molecule is CCC(CC)(CBr)Cc1ccoc1. The molecule has 0 spiro atoms. The highest BCUT2D eigenvalue weighted by molar-refractivity contribution is 9.09. The Morgan fingerprint density at radius 3 is 2.46 bits per heavy atom. The van der Waals surface area contributed by atoms with E-state index in [4.69, 9.17) is 4.42 Å². The van der Waals surface area contributed by atoms with Crippen molar-refractivity contribution in [1.29, 1.82) is 0 Å². The second-order valence-corrected chi connectivity index (χ2v) is 4.21. The zero-order valence-electron chi connectivity index (χ0n) is 8.35. The van der Waals surface area contributed by atoms with Gasteiger partial charge in [0, 0.05) is 5.33 Å². The van der Waals surface area contributed by atoms with Gasteiger partial charge in [-0.05, 0) is 36.3 Å². The van der Waals surface area contributed by atoms with E-state index >= 15 is 0 Å². The summed E-state index contributed by atoms with van der Waals surface area (Å²) in [5, 5.41) is 1.07. The van der Waals surface area contributed by atoms with Gasteiger partial charge in [-0.2, -0.15) is 0 Å². The molecule has 1 aromatic rings. The van der Waals surface area contributed by atoms with Crippen LogP contribution in [0, 0.1) is 5.41 Å². The predicted octanol–water partition coefficient (Wildman–Crippen LogP) is 4.02. The van der Waals surface area contributed by atoms with Crippen molar-refractivity contribution in [1.82, 2.24) is 0 Å². The van der Waals surface area contributed by atoms with Crippen LogP contribution in [0.4, 0.5) is 0 Å². The van der Waals surface area contributed by atoms with Crippen LogP contribution in [0.25, 0.3) is 0 Å². The van der Waals surface area contributed by atoms with Gasteiger partial charge >= 0.3 is 0 Å². The quantitative estimate of drug-likeness (QED) is 0.714. The summed E-state index contributed by atoms with van der Waals surface area (Å²) in [6, 6.07) is 2.06. The maximum Gasteiger partial charge on any atom is 0.0934 e. The fourth-order valence-electron chi connectivity index (χ4n) is 1.56. The van der Waals surface area contributed by atoms with E-state index in [9.17, 15) is 0 Å². The molecule has 0 fully saturated rings. The molecule has 0 bridgehead atoms. The van der Waals surface area contributed by atoms with Gasteiger partial charge in [-0.1, -0.05) is 29.8 Å². The lowest BCUT2D eigenvalue weighted by atomic mass is 9.79. The van der Waals surface area contributed by atoms with E-state index in [1.807, 2.05) is 6.26 Å². The van der Waals surface area contributed by atoms with Crippen LogP contribution in [-0.4, -0.2) is 5.33 Å². The molecule has 0 amide bonds. The number of hydrogen-bond donors (Lipinski definition) is 0. The van der Waals surface area contributed by atoms with Crippen molar-refractivity contribution in [2.45, 2.75) is 33.1 Å². The Labute approximate surface area is 88.6 Å². The molecule has 0 aromatic carbocycles. The van der Waals surface area contributed by atoms with Crippen molar-refractivity contribution in [3.05, 3.63) is 24.2 Å². The van der Waals surface area contributed by atoms with Gasteiger partial charge in [-0.15, -0.1) is 0 Å². The van der Waals surface area contributed by atoms with Crippen molar-refractivity contribution in [3.63, 3.8) is 0 Å². The van der Waals surface area contributed by atoms with E-state index in [0.717, 1.165) is 11.8 Å². The highest BCUT2D eigenvalue weighted by Crippen LogP contribution is 2.32. The first-order chi connectivity index (χ1) is 6.26. The van der Waals surface area contributed by atoms with Crippen LogP contribution >= 0.6 is 15.9 Å². The Bertz CT molecular complexity index is 216. The first-order valence-corrected chi connectivity index (χ1v) is 5.95. The van der Waals surface area contributed by atoms with E-state index in [2.05, 4.69) is 35.8 Å². The zero-order valence-corrected chi connectivity index (χ0v) is 9.93. The van der Waals surface area contributed by atoms with Gasteiger partial charge in [0.2, 0.25) is 0 Å². The molecule has 13 heavy (non-hydrogen) atoms. The van der Waals surface area contributed by atoms with Gasteiger partial charge in [0.25, 0.3) is 0 Å². The van der Waals surface area contributed by atoms with E-state index in [1.54, 1.807) is 6.26 Å². The van der Waals surface area contributed by atoms with Crippen LogP contribution in [0.15, 0.2) is 23.0 Å². The summed E-state index contributed by atoms with van der Waals surface area (Å²) in [4.78, 5) is 0. The molecule has 0 radical (unpaired) electrons. The third kappa shape index (κ3) is 2.60. The molecule has 1 rings (SSSR count). The number of hydrogen-bond acceptors (Lipinski definition) is 1. The van der Waals surface area contributed by atoms with Gasteiger partial charge in [0.1, 0.15) is 0 Å². The van der Waals surface area contributed by atoms with Gasteiger partial charge in [-0.25, -0.2) is 0 Å². The van der Waals surface area contributed by atoms with Gasteiger partial charge < -0.3 is 4.42 Å². The number of rotatable bonds is 5. The average molecular weight is 245 g/mol. The largest absolute Gasteiger partial charge is 0.472 e. The molecule has 0 saturated carbocycles. The monoisotopic (exact) mass is 244 g/mol. The Hall–Kier alpha value is -0.240. The molecule has 0 atom stereocenters. The highest BCUT2D eigenvalue weighted by Gasteiger charge is 2.25. The molecule has 74 valence electrons. The normalized spacial score (nSPS) is 11.9. The van der Waals surface area contributed by atoms with Crippen molar-refractivity contribution < 1.29 is 4.42 Å². The van der Waals surface area contributed by atoms with E-state index in [0.29, 0.717) is 5.41 Å². The number of furan rings is 1. The molecule has 0 unspecified atom stereocenters. The standard InChI is InChI=1S/C11H17BrO/c1-3-11(4-2,9-12)7-10-5-6-13-8-10/h5-6,8H,3-4,7,9H2,1-2H3. The Morgan fingerprint density at radius 2 is 2.08 bits per heavy atom. The number of halogens is 1. The lowest BCUT2D eigenvalue weighted by Gasteiger charge is -2.28. The summed E-state index contributed by atoms with van der Waals surface area (Å²) in [5.41, 5.74) is 1.72.